The quantitative estimate of drug-likeness (QED) is 0.364. The van der Waals surface area contributed by atoms with E-state index >= 15 is 0 Å². The molecule has 2 aromatic carbocycles. The van der Waals surface area contributed by atoms with Crippen LogP contribution in [0.15, 0.2) is 46.3 Å². The van der Waals surface area contributed by atoms with Crippen LogP contribution in [0.1, 0.15) is 42.1 Å². The zero-order valence-electron chi connectivity index (χ0n) is 21.4. The largest absolute Gasteiger partial charge is 0.593 e. The lowest BCUT2D eigenvalue weighted by molar-refractivity contribution is -0.131. The number of rotatable bonds is 11. The van der Waals surface area contributed by atoms with E-state index in [-0.39, 0.29) is 18.6 Å². The zero-order chi connectivity index (χ0) is 25.5. The number of methoxy groups -OCH3 is 1. The van der Waals surface area contributed by atoms with E-state index in [1.54, 1.807) is 14.0 Å². The van der Waals surface area contributed by atoms with Crippen molar-refractivity contribution in [3.63, 3.8) is 0 Å². The smallest absolute Gasteiger partial charge is 0.249 e. The molecule has 3 atom stereocenters. The van der Waals surface area contributed by atoms with Crippen LogP contribution in [-0.4, -0.2) is 61.2 Å². The minimum absolute atomic E-state index is 0.164. The number of ether oxygens (including phenoxy) is 2. The summed E-state index contributed by atoms with van der Waals surface area (Å²) in [6.07, 6.45) is -0.611. The zero-order valence-corrected chi connectivity index (χ0v) is 22.2. The van der Waals surface area contributed by atoms with Gasteiger partial charge in [-0.25, -0.2) is 0 Å². The molecule has 1 aliphatic rings. The summed E-state index contributed by atoms with van der Waals surface area (Å²) < 4.78 is 26.5. The van der Waals surface area contributed by atoms with E-state index in [1.807, 2.05) is 52.1 Å². The lowest BCUT2D eigenvalue weighted by Crippen LogP contribution is -2.36. The first-order chi connectivity index (χ1) is 16.7. The molecule has 3 unspecified atom stereocenters. The molecule has 1 heterocycles. The molecule has 0 saturated heterocycles. The third kappa shape index (κ3) is 7.20. The monoisotopic (exact) mass is 500 g/mol. The van der Waals surface area contributed by atoms with Gasteiger partial charge in [0.1, 0.15) is 11.9 Å². The fourth-order valence-corrected chi connectivity index (χ4v) is 5.08. The molecular weight excluding hydrogens is 464 g/mol. The molecule has 0 fully saturated rings. The molecule has 1 aliphatic heterocycles. The van der Waals surface area contributed by atoms with Crippen LogP contribution in [0.5, 0.6) is 5.75 Å². The van der Waals surface area contributed by atoms with Crippen molar-refractivity contribution in [1.29, 1.82) is 0 Å². The van der Waals surface area contributed by atoms with Crippen LogP contribution >= 0.6 is 0 Å². The van der Waals surface area contributed by atoms with Gasteiger partial charge in [0, 0.05) is 31.3 Å². The molecule has 35 heavy (non-hydrogen) atoms. The Labute approximate surface area is 211 Å². The number of benzene rings is 2. The Morgan fingerprint density at radius 3 is 2.46 bits per heavy atom. The Morgan fingerprint density at radius 1 is 1.23 bits per heavy atom. The molecule has 2 aromatic rings. The van der Waals surface area contributed by atoms with Gasteiger partial charge in [0.15, 0.2) is 4.90 Å². The van der Waals surface area contributed by atoms with Gasteiger partial charge in [-0.3, -0.25) is 9.79 Å². The van der Waals surface area contributed by atoms with Gasteiger partial charge < -0.3 is 24.2 Å². The summed E-state index contributed by atoms with van der Waals surface area (Å²) in [5.74, 6) is 1.60. The van der Waals surface area contributed by atoms with E-state index in [2.05, 4.69) is 32.1 Å². The van der Waals surface area contributed by atoms with Gasteiger partial charge in [-0.1, -0.05) is 24.3 Å². The Morgan fingerprint density at radius 2 is 1.89 bits per heavy atom. The molecule has 2 N–H and O–H groups in total. The normalized spacial score (nSPS) is 17.2. The van der Waals surface area contributed by atoms with Gasteiger partial charge in [-0.2, -0.15) is 0 Å². The van der Waals surface area contributed by atoms with Gasteiger partial charge >= 0.3 is 0 Å². The Kier molecular flexibility index (Phi) is 9.56. The number of nitrogens with one attached hydrogen (secondary N) is 2. The van der Waals surface area contributed by atoms with Crippen LogP contribution in [0.25, 0.3) is 0 Å². The minimum atomic E-state index is -1.37. The topological polar surface area (TPSA) is 98.2 Å². The molecule has 8 nitrogen and oxygen atoms in total. The van der Waals surface area contributed by atoms with E-state index in [9.17, 15) is 9.35 Å². The summed E-state index contributed by atoms with van der Waals surface area (Å²) in [5.41, 5.74) is 3.98. The van der Waals surface area contributed by atoms with Crippen molar-refractivity contribution in [1.82, 2.24) is 14.9 Å². The maximum absolute atomic E-state index is 12.7. The van der Waals surface area contributed by atoms with Crippen LogP contribution in [0, 0.1) is 13.8 Å². The molecule has 0 bridgehead atoms. The maximum atomic E-state index is 12.7. The number of hydrogen-bond donors (Lipinski definition) is 2. The van der Waals surface area contributed by atoms with E-state index in [0.717, 1.165) is 39.7 Å². The van der Waals surface area contributed by atoms with Crippen molar-refractivity contribution in [2.45, 2.75) is 51.3 Å². The van der Waals surface area contributed by atoms with E-state index in [1.165, 1.54) is 5.56 Å². The average Bonchev–Trinajstić information content (AvgIpc) is 3.17. The van der Waals surface area contributed by atoms with E-state index in [0.29, 0.717) is 13.1 Å². The van der Waals surface area contributed by atoms with E-state index in [4.69, 9.17) is 9.47 Å². The number of amides is 1. The number of carbonyl (C=O) groups is 1. The SMILES string of the molecule is COc1cc(C)c([S+]([O-])NCCOC(C)C(=O)NCc2ccc(C3CN(C)C(C)=N3)cc2)c(C)c1. The molecule has 0 saturated carbocycles. The average molecular weight is 501 g/mol. The predicted molar refractivity (Wildman–Crippen MR) is 139 cm³/mol. The highest BCUT2D eigenvalue weighted by atomic mass is 32.2. The third-order valence-corrected chi connectivity index (χ3v) is 7.58. The molecule has 0 radical (unpaired) electrons. The highest BCUT2D eigenvalue weighted by molar-refractivity contribution is 7.89. The standard InChI is InChI=1S/C26H36N4O4S/c1-17-13-23(33-6)14-18(2)25(17)35(32)28-11-12-34-19(3)26(31)27-15-21-7-9-22(10-8-21)24-16-30(5)20(4)29-24/h7-10,13-14,19,24,28H,11-12,15-16H2,1-6H3,(H,27,31). The van der Waals surface area contributed by atoms with Crippen molar-refractivity contribution in [3.05, 3.63) is 58.7 Å². The number of aryl methyl sites for hydroxylation is 2. The number of hydrogen-bond acceptors (Lipinski definition) is 7. The van der Waals surface area contributed by atoms with Gasteiger partial charge in [0.05, 0.1) is 43.5 Å². The summed E-state index contributed by atoms with van der Waals surface area (Å²) in [6.45, 7) is 9.48. The number of aliphatic imine (C=N–C) groups is 1. The van der Waals surface area contributed by atoms with Gasteiger partial charge in [0.2, 0.25) is 5.91 Å². The van der Waals surface area contributed by atoms with Crippen LogP contribution in [0.3, 0.4) is 0 Å². The van der Waals surface area contributed by atoms with Crippen molar-refractivity contribution < 1.29 is 18.8 Å². The van der Waals surface area contributed by atoms with Crippen LogP contribution < -0.4 is 14.8 Å². The second-order valence-corrected chi connectivity index (χ2v) is 10.0. The highest BCUT2D eigenvalue weighted by Crippen LogP contribution is 2.26. The molecule has 190 valence electrons. The molecule has 1 amide bonds. The van der Waals surface area contributed by atoms with Gasteiger partial charge in [-0.15, -0.1) is 4.72 Å². The first-order valence-corrected chi connectivity index (χ1v) is 12.9. The minimum Gasteiger partial charge on any atom is -0.593 e. The fraction of sp³-hybridized carbons (Fsp3) is 0.462. The van der Waals surface area contributed by atoms with Gasteiger partial charge in [0.25, 0.3) is 0 Å². The van der Waals surface area contributed by atoms with Gasteiger partial charge in [-0.05, 0) is 51.0 Å². The van der Waals surface area contributed by atoms with Crippen molar-refractivity contribution >= 4 is 23.1 Å². The molecule has 3 rings (SSSR count). The summed E-state index contributed by atoms with van der Waals surface area (Å²) in [5, 5.41) is 2.91. The van der Waals surface area contributed by atoms with Crippen molar-refractivity contribution in [2.24, 2.45) is 4.99 Å². The molecule has 0 spiro atoms. The van der Waals surface area contributed by atoms with E-state index < -0.39 is 17.5 Å². The molecule has 9 heteroatoms. The Bertz CT molecular complexity index is 1020. The van der Waals surface area contributed by atoms with Crippen molar-refractivity contribution in [2.75, 3.05) is 33.9 Å². The predicted octanol–water partition coefficient (Wildman–Crippen LogP) is 3.05. The molecule has 0 aliphatic carbocycles. The second kappa shape index (κ2) is 12.4. The van der Waals surface area contributed by atoms with Crippen LogP contribution in [-0.2, 0) is 27.4 Å². The van der Waals surface area contributed by atoms with Crippen LogP contribution in [0.4, 0.5) is 0 Å². The van der Waals surface area contributed by atoms with Crippen molar-refractivity contribution in [3.8, 4) is 5.75 Å². The molecule has 0 aromatic heterocycles. The number of likely N-dealkylation sites (N-methyl/N-ethyl adjacent to an activating group) is 1. The fourth-order valence-electron chi connectivity index (χ4n) is 3.97. The summed E-state index contributed by atoms with van der Waals surface area (Å²) in [7, 11) is 3.66. The Balaban J connectivity index is 1.39. The number of carbonyl (C=O) groups excluding carboxylic acids is 1. The maximum Gasteiger partial charge on any atom is 0.249 e. The lowest BCUT2D eigenvalue weighted by Gasteiger charge is -2.17. The number of nitrogens with zero attached hydrogens (tertiary/aromatic N) is 2. The summed E-state index contributed by atoms with van der Waals surface area (Å²) in [6, 6.07) is 12.1. The first-order valence-electron chi connectivity index (χ1n) is 11.7. The second-order valence-electron chi connectivity index (χ2n) is 8.80. The Hall–Kier alpha value is -2.59. The lowest BCUT2D eigenvalue weighted by atomic mass is 10.1. The molecular formula is C26H36N4O4S. The summed E-state index contributed by atoms with van der Waals surface area (Å²) >= 11 is -1.37. The third-order valence-electron chi connectivity index (χ3n) is 6.10. The number of amidine groups is 1. The first kappa shape index (κ1) is 27.0. The van der Waals surface area contributed by atoms with Crippen LogP contribution in [0.2, 0.25) is 0 Å². The summed E-state index contributed by atoms with van der Waals surface area (Å²) in [4.78, 5) is 20.0. The highest BCUT2D eigenvalue weighted by Gasteiger charge is 2.21.